The Balaban J connectivity index is 2.29. The summed E-state index contributed by atoms with van der Waals surface area (Å²) in [6.45, 7) is 4.73. The quantitative estimate of drug-likeness (QED) is 0.552. The van der Waals surface area contributed by atoms with Crippen molar-refractivity contribution in [3.05, 3.63) is 29.6 Å². The van der Waals surface area contributed by atoms with Crippen LogP contribution in [0.4, 0.5) is 0 Å². The summed E-state index contributed by atoms with van der Waals surface area (Å²) < 4.78 is 0. The molecule has 70 valence electrons. The predicted octanol–water partition coefficient (Wildman–Crippen LogP) is 2.84. The van der Waals surface area contributed by atoms with Gasteiger partial charge in [0.05, 0.1) is 0 Å². The average Bonchev–Trinajstić information content (AvgIpc) is 2.28. The fraction of sp³-hybridized carbons (Fsp3) is 0.583. The SMILES string of the molecule is CC1CCc2cnccc2CC1C. The lowest BCUT2D eigenvalue weighted by molar-refractivity contribution is 0.375. The second-order valence-electron chi connectivity index (χ2n) is 4.34. The summed E-state index contributed by atoms with van der Waals surface area (Å²) in [5.74, 6) is 1.68. The minimum Gasteiger partial charge on any atom is -0.264 e. The van der Waals surface area contributed by atoms with Crippen LogP contribution < -0.4 is 0 Å². The summed E-state index contributed by atoms with van der Waals surface area (Å²) >= 11 is 0. The molecule has 0 aromatic carbocycles. The zero-order valence-corrected chi connectivity index (χ0v) is 8.46. The molecule has 1 aliphatic rings. The van der Waals surface area contributed by atoms with Crippen LogP contribution >= 0.6 is 0 Å². The van der Waals surface area contributed by atoms with E-state index in [9.17, 15) is 0 Å². The number of rotatable bonds is 0. The number of fused-ring (bicyclic) bond motifs is 1. The van der Waals surface area contributed by atoms with Gasteiger partial charge in [0.15, 0.2) is 0 Å². The third-order valence-electron chi connectivity index (χ3n) is 3.39. The number of nitrogens with zero attached hydrogens (tertiary/aromatic N) is 1. The van der Waals surface area contributed by atoms with Crippen molar-refractivity contribution in [2.24, 2.45) is 11.8 Å². The zero-order chi connectivity index (χ0) is 9.26. The Morgan fingerprint density at radius 2 is 2.08 bits per heavy atom. The highest BCUT2D eigenvalue weighted by atomic mass is 14.6. The number of hydrogen-bond donors (Lipinski definition) is 0. The molecule has 2 atom stereocenters. The molecule has 0 bridgehead atoms. The fourth-order valence-corrected chi connectivity index (χ4v) is 2.10. The molecule has 1 aromatic heterocycles. The van der Waals surface area contributed by atoms with Gasteiger partial charge in [0.2, 0.25) is 0 Å². The summed E-state index contributed by atoms with van der Waals surface area (Å²) in [4.78, 5) is 4.19. The molecule has 0 radical (unpaired) electrons. The lowest BCUT2D eigenvalue weighted by Crippen LogP contribution is -2.08. The molecule has 13 heavy (non-hydrogen) atoms. The van der Waals surface area contributed by atoms with Gasteiger partial charge >= 0.3 is 0 Å². The smallest absolute Gasteiger partial charge is 0.0302 e. The molecule has 1 nitrogen and oxygen atoms in total. The predicted molar refractivity (Wildman–Crippen MR) is 54.6 cm³/mol. The van der Waals surface area contributed by atoms with Gasteiger partial charge in [0, 0.05) is 12.4 Å². The molecule has 1 heteroatoms. The van der Waals surface area contributed by atoms with Crippen LogP contribution in [-0.4, -0.2) is 4.98 Å². The van der Waals surface area contributed by atoms with Crippen molar-refractivity contribution in [3.63, 3.8) is 0 Å². The summed E-state index contributed by atoms with van der Waals surface area (Å²) in [6, 6.07) is 2.18. The Morgan fingerprint density at radius 1 is 1.23 bits per heavy atom. The van der Waals surface area contributed by atoms with Crippen LogP contribution in [0.15, 0.2) is 18.5 Å². The highest BCUT2D eigenvalue weighted by molar-refractivity contribution is 5.25. The van der Waals surface area contributed by atoms with Crippen LogP contribution in [0.1, 0.15) is 31.4 Å². The van der Waals surface area contributed by atoms with Gasteiger partial charge in [-0.05, 0) is 48.3 Å². The van der Waals surface area contributed by atoms with E-state index >= 15 is 0 Å². The number of aromatic nitrogens is 1. The average molecular weight is 175 g/mol. The second kappa shape index (κ2) is 3.49. The molecule has 0 fully saturated rings. The molecule has 2 unspecified atom stereocenters. The minimum atomic E-state index is 0.823. The van der Waals surface area contributed by atoms with Gasteiger partial charge in [-0.1, -0.05) is 13.8 Å². The maximum atomic E-state index is 4.19. The molecule has 0 amide bonds. The first kappa shape index (κ1) is 8.74. The van der Waals surface area contributed by atoms with Gasteiger partial charge in [-0.3, -0.25) is 4.98 Å². The summed E-state index contributed by atoms with van der Waals surface area (Å²) in [5.41, 5.74) is 2.99. The number of pyridine rings is 1. The van der Waals surface area contributed by atoms with Crippen molar-refractivity contribution in [1.82, 2.24) is 4.98 Å². The van der Waals surface area contributed by atoms with Gasteiger partial charge < -0.3 is 0 Å². The molecule has 0 saturated heterocycles. The third kappa shape index (κ3) is 1.74. The van der Waals surface area contributed by atoms with Gasteiger partial charge in [0.25, 0.3) is 0 Å². The highest BCUT2D eigenvalue weighted by Gasteiger charge is 2.18. The maximum absolute atomic E-state index is 4.19. The van der Waals surface area contributed by atoms with Crippen LogP contribution in [0.3, 0.4) is 0 Å². The number of hydrogen-bond acceptors (Lipinski definition) is 1. The molecular formula is C12H17N. The van der Waals surface area contributed by atoms with Crippen molar-refractivity contribution in [2.45, 2.75) is 33.1 Å². The fourth-order valence-electron chi connectivity index (χ4n) is 2.10. The minimum absolute atomic E-state index is 0.823. The highest BCUT2D eigenvalue weighted by Crippen LogP contribution is 2.27. The molecule has 0 aliphatic heterocycles. The third-order valence-corrected chi connectivity index (χ3v) is 3.39. The zero-order valence-electron chi connectivity index (χ0n) is 8.46. The Labute approximate surface area is 80.2 Å². The van der Waals surface area contributed by atoms with Crippen molar-refractivity contribution in [3.8, 4) is 0 Å². The van der Waals surface area contributed by atoms with Crippen molar-refractivity contribution in [2.75, 3.05) is 0 Å². The first-order valence-electron chi connectivity index (χ1n) is 5.19. The normalized spacial score (nSPS) is 27.8. The van der Waals surface area contributed by atoms with Gasteiger partial charge in [0.1, 0.15) is 0 Å². The Kier molecular flexibility index (Phi) is 2.34. The Hall–Kier alpha value is -0.850. The Bertz CT molecular complexity index is 293. The van der Waals surface area contributed by atoms with E-state index in [-0.39, 0.29) is 0 Å². The van der Waals surface area contributed by atoms with Crippen LogP contribution in [0, 0.1) is 11.8 Å². The van der Waals surface area contributed by atoms with E-state index in [2.05, 4.69) is 24.9 Å². The first-order valence-corrected chi connectivity index (χ1v) is 5.19. The Morgan fingerprint density at radius 3 is 2.92 bits per heavy atom. The van der Waals surface area contributed by atoms with Crippen molar-refractivity contribution >= 4 is 0 Å². The van der Waals surface area contributed by atoms with Crippen molar-refractivity contribution < 1.29 is 0 Å². The van der Waals surface area contributed by atoms with E-state index in [1.165, 1.54) is 30.4 Å². The topological polar surface area (TPSA) is 12.9 Å². The molecule has 0 saturated carbocycles. The standard InChI is InChI=1S/C12H17N/c1-9-3-4-12-8-13-6-5-11(12)7-10(9)2/h5-6,8-10H,3-4,7H2,1-2H3. The van der Waals surface area contributed by atoms with E-state index in [1.807, 2.05) is 12.4 Å². The van der Waals surface area contributed by atoms with Crippen molar-refractivity contribution in [1.29, 1.82) is 0 Å². The number of aryl methyl sites for hydroxylation is 1. The monoisotopic (exact) mass is 175 g/mol. The van der Waals surface area contributed by atoms with Gasteiger partial charge in [-0.25, -0.2) is 0 Å². The van der Waals surface area contributed by atoms with E-state index in [4.69, 9.17) is 0 Å². The van der Waals surface area contributed by atoms with E-state index in [1.54, 1.807) is 0 Å². The molecule has 1 aliphatic carbocycles. The van der Waals surface area contributed by atoms with Crippen LogP contribution in [0.25, 0.3) is 0 Å². The van der Waals surface area contributed by atoms with E-state index in [0.717, 1.165) is 11.8 Å². The molecule has 0 N–H and O–H groups in total. The van der Waals surface area contributed by atoms with Gasteiger partial charge in [-0.2, -0.15) is 0 Å². The van der Waals surface area contributed by atoms with E-state index < -0.39 is 0 Å². The molecule has 1 aromatic rings. The molecule has 2 rings (SSSR count). The second-order valence-corrected chi connectivity index (χ2v) is 4.34. The largest absolute Gasteiger partial charge is 0.264 e. The summed E-state index contributed by atoms with van der Waals surface area (Å²) in [5, 5.41) is 0. The lowest BCUT2D eigenvalue weighted by atomic mass is 9.90. The summed E-state index contributed by atoms with van der Waals surface area (Å²) in [7, 11) is 0. The van der Waals surface area contributed by atoms with Gasteiger partial charge in [-0.15, -0.1) is 0 Å². The molecule has 0 spiro atoms. The van der Waals surface area contributed by atoms with Crippen LogP contribution in [0.2, 0.25) is 0 Å². The summed E-state index contributed by atoms with van der Waals surface area (Å²) in [6.07, 6.45) is 7.73. The first-order chi connectivity index (χ1) is 6.27. The van der Waals surface area contributed by atoms with Crippen LogP contribution in [-0.2, 0) is 12.8 Å². The van der Waals surface area contributed by atoms with E-state index in [0.29, 0.717) is 0 Å². The van der Waals surface area contributed by atoms with Crippen LogP contribution in [0.5, 0.6) is 0 Å². The maximum Gasteiger partial charge on any atom is 0.0302 e. The molecular weight excluding hydrogens is 158 g/mol. The molecule has 1 heterocycles. The lowest BCUT2D eigenvalue weighted by Gasteiger charge is -2.15.